The maximum Gasteiger partial charge on any atom is 0.410 e. The van der Waals surface area contributed by atoms with E-state index in [-0.39, 0.29) is 117 Å². The van der Waals surface area contributed by atoms with Crippen LogP contribution in [0.3, 0.4) is 0 Å². The van der Waals surface area contributed by atoms with Crippen molar-refractivity contribution < 1.29 is 153 Å². The molecule has 4 saturated carbocycles. The normalized spacial score (nSPS) is 21.8. The number of likely N-dealkylation sites (tertiary alicyclic amines) is 1. The molecular weight excluding hydrogens is 1990 g/mol. The lowest BCUT2D eigenvalue weighted by Gasteiger charge is -2.69. The van der Waals surface area contributed by atoms with E-state index in [0.29, 0.717) is 223 Å². The molecule has 13 rings (SSSR count). The molecule has 830 valence electrons. The van der Waals surface area contributed by atoms with Crippen molar-refractivity contribution in [1.82, 2.24) is 45.5 Å². The number of hydrogen-bond acceptors (Lipinski definition) is 35. The number of anilines is 3. The molecule has 150 heavy (non-hydrogen) atoms. The molecule has 10 atom stereocenters. The predicted octanol–water partition coefficient (Wildman–Crippen LogP) is 5.99. The largest absolute Gasteiger partial charge is 0.479 e. The van der Waals surface area contributed by atoms with Gasteiger partial charge < -0.3 is 137 Å². The number of carboxylic acid groups (broad SMARTS) is 2. The Morgan fingerprint density at radius 3 is 1.79 bits per heavy atom. The van der Waals surface area contributed by atoms with Crippen LogP contribution in [0.15, 0.2) is 79.0 Å². The van der Waals surface area contributed by atoms with Crippen molar-refractivity contribution >= 4 is 102 Å². The molecule has 0 spiro atoms. The molecule has 44 nitrogen and oxygen atoms in total. The number of carbonyl (C=O) groups is 9. The first-order valence-electron chi connectivity index (χ1n) is 51.5. The summed E-state index contributed by atoms with van der Waals surface area (Å²) in [6.07, 6.45) is -1.52. The summed E-state index contributed by atoms with van der Waals surface area (Å²) in [5.41, 5.74) is 4.21. The van der Waals surface area contributed by atoms with Crippen molar-refractivity contribution in [3.8, 4) is 11.1 Å². The molecule has 2 unspecified atom stereocenters. The van der Waals surface area contributed by atoms with E-state index in [1.165, 1.54) is 46.3 Å². The van der Waals surface area contributed by atoms with Crippen molar-refractivity contribution in [3.05, 3.63) is 118 Å². The van der Waals surface area contributed by atoms with Crippen molar-refractivity contribution in [2.24, 2.45) is 22.2 Å². The molecule has 7 amide bonds. The standard InChI is InChI=1S/C104H150N12O32S2/c1-69(2)88(111-86(118)60-115-76(19-23-87(115)119)57-105-85(117)25-29-134-33-34-136-37-38-138-41-42-140-45-46-142-49-50-144-53-54-145-52-51-143-48-47-141-44-43-139-40-39-137-36-35-135-32-31-133-7)96(125)107-70(3)94(123)108-75-18-16-74(73(56-75)17-21-82-90(120)91(121)92(122)93(148-82)98(128)129)61-146-100(130)113(28-55-150(8,131)132)27-30-147-104-65-101(5)62-102(6,66-104)64-103(63-101,67-104)68-116-71(4)79(58-106-116)77-20-22-84(110-89(77)97(126)127)114-26-24-72-12-11-13-78(80(72)59-114)95(124)112-99-109-81-14-9-10-15-83(81)149-99/h9-16,18,20,22,56,58,69-70,76,82,88,90-93,120-122H,17,19,21,23-55,57,59-68H2,1-8H3,(H,105,117)(H,107,125)(H,108,123)(H,111,118)(H,126,127)(H,128,129)(H,109,112,124)/t70-,76-,82-,88-,90-,91+,92-,93-,101?,102?,103?,104?/m0/s1. The van der Waals surface area contributed by atoms with Crippen LogP contribution in [0, 0.1) is 29.1 Å². The Morgan fingerprint density at radius 2 is 1.21 bits per heavy atom. The number of carbonyl (C=O) groups excluding carboxylic acids is 7. The zero-order chi connectivity index (χ0) is 107. The van der Waals surface area contributed by atoms with Crippen molar-refractivity contribution in [2.45, 2.75) is 193 Å². The number of fused-ring (bicyclic) bond motifs is 2. The van der Waals surface area contributed by atoms with E-state index in [1.54, 1.807) is 39.3 Å². The number of aromatic carboxylic acids is 1. The van der Waals surface area contributed by atoms with Crippen LogP contribution in [-0.2, 0) is 147 Å². The third-order valence-electron chi connectivity index (χ3n) is 27.5. The number of benzene rings is 3. The molecule has 4 aliphatic carbocycles. The highest BCUT2D eigenvalue weighted by Crippen LogP contribution is 2.72. The maximum atomic E-state index is 14.6. The lowest BCUT2D eigenvalue weighted by Crippen LogP contribution is -2.64. The topological polar surface area (TPSA) is 550 Å². The molecule has 3 aliphatic heterocycles. The van der Waals surface area contributed by atoms with Crippen LogP contribution in [0.1, 0.15) is 148 Å². The Kier molecular flexibility index (Phi) is 46.1. The summed E-state index contributed by atoms with van der Waals surface area (Å²) in [5, 5.41) is 72.6. The van der Waals surface area contributed by atoms with Crippen LogP contribution in [-0.4, -0.2) is 395 Å². The number of aryl methyl sites for hydroxylation is 1. The van der Waals surface area contributed by atoms with Gasteiger partial charge in [-0.3, -0.25) is 38.8 Å². The van der Waals surface area contributed by atoms with E-state index in [2.05, 4.69) is 45.4 Å². The number of nitrogens with zero attached hydrogens (tertiary/aromatic N) is 7. The average molecular weight is 2140 g/mol. The van der Waals surface area contributed by atoms with Gasteiger partial charge in [0.1, 0.15) is 52.7 Å². The number of amides is 7. The summed E-state index contributed by atoms with van der Waals surface area (Å²) in [4.78, 5) is 136. The summed E-state index contributed by atoms with van der Waals surface area (Å²) in [7, 11) is -2.03. The summed E-state index contributed by atoms with van der Waals surface area (Å²) in [6, 6.07) is 18.5. The van der Waals surface area contributed by atoms with Gasteiger partial charge >= 0.3 is 18.0 Å². The van der Waals surface area contributed by atoms with E-state index >= 15 is 0 Å². The van der Waals surface area contributed by atoms with Crippen LogP contribution < -0.4 is 31.5 Å². The van der Waals surface area contributed by atoms with Crippen LogP contribution in [0.25, 0.3) is 21.3 Å². The smallest absolute Gasteiger partial charge is 0.410 e. The number of hydrogen-bond donors (Lipinski definition) is 10. The maximum absolute atomic E-state index is 14.6. The third kappa shape index (κ3) is 35.8. The number of rotatable bonds is 69. The molecular formula is C104H150N12O32S2. The number of aliphatic hydroxyl groups is 3. The molecule has 6 aromatic rings. The van der Waals surface area contributed by atoms with Crippen LogP contribution in [0.2, 0.25) is 0 Å². The SMILES string of the molecule is COCCOCCOCCOCCOCCOCCOCCOCCOCCOCCOCCOCCOCCC(=O)NC[C@@H]1CCC(=O)N1CC(=O)N[C@H](C(=O)N[C@@H](C)C(=O)Nc1ccc(COC(=O)N(CCOC23CC4(C)CC(C)(CC(Cn5ncc(-c6ccc(N7CCc8cccc(C(=O)Nc9nc%10ccccc%10s9)c8C7)nc6C(=O)O)c5C)(C4)C2)C3)CCS(C)(=O)=O)c(CC[C@@H]2O[C@H](C(=O)O)[C@@H](O)[C@H](O)[C@H]2O)c1)C(C)C. The molecule has 10 N–H and O–H groups in total. The van der Waals surface area contributed by atoms with E-state index in [0.717, 1.165) is 65.4 Å². The Morgan fingerprint density at radius 1 is 0.620 bits per heavy atom. The van der Waals surface area contributed by atoms with Gasteiger partial charge in [0, 0.05) is 93.5 Å². The zero-order valence-corrected chi connectivity index (χ0v) is 88.8. The summed E-state index contributed by atoms with van der Waals surface area (Å²) < 4.78 is 118. The number of aliphatic carboxylic acids is 1. The van der Waals surface area contributed by atoms with Crippen LogP contribution in [0.4, 0.5) is 21.4 Å². The van der Waals surface area contributed by atoms with E-state index in [9.17, 15) is 77.1 Å². The predicted molar refractivity (Wildman–Crippen MR) is 549 cm³/mol. The van der Waals surface area contributed by atoms with E-state index in [4.69, 9.17) is 85.9 Å². The zero-order valence-electron chi connectivity index (χ0n) is 87.1. The number of ether oxygens (including phenoxy) is 16. The molecule has 0 radical (unpaired) electrons. The van der Waals surface area contributed by atoms with E-state index in [1.807, 2.05) is 59.0 Å². The lowest BCUT2D eigenvalue weighted by atomic mass is 9.39. The molecule has 3 aromatic carbocycles. The summed E-state index contributed by atoms with van der Waals surface area (Å²) in [5.74, 6) is -6.39. The number of methoxy groups -OCH3 is 1. The van der Waals surface area contributed by atoms with Gasteiger partial charge in [-0.15, -0.1) is 0 Å². The first kappa shape index (κ1) is 119. The molecule has 6 fully saturated rings. The van der Waals surface area contributed by atoms with Crippen molar-refractivity contribution in [2.75, 3.05) is 239 Å². The second-order valence-electron chi connectivity index (χ2n) is 40.2. The number of carboxylic acids is 2. The third-order valence-corrected chi connectivity index (χ3v) is 29.4. The number of thiazole rings is 1. The Balaban J connectivity index is 0.555. The Bertz CT molecular complexity index is 5470. The van der Waals surface area contributed by atoms with Gasteiger partial charge in [0.05, 0.1) is 218 Å². The number of nitrogens with one attached hydrogen (secondary N) is 5. The van der Waals surface area contributed by atoms with Gasteiger partial charge in [-0.2, -0.15) is 5.10 Å². The number of aromatic nitrogens is 4. The Labute approximate surface area is 878 Å². The van der Waals surface area contributed by atoms with Gasteiger partial charge in [-0.1, -0.05) is 69.4 Å². The fourth-order valence-corrected chi connectivity index (χ4v) is 22.7. The molecule has 7 aliphatic rings. The second-order valence-corrected chi connectivity index (χ2v) is 43.4. The Hall–Kier alpha value is -10.0. The first-order valence-corrected chi connectivity index (χ1v) is 54.4. The number of sulfone groups is 1. The number of para-hydroxylation sites is 1. The van der Waals surface area contributed by atoms with Gasteiger partial charge in [-0.25, -0.2) is 32.8 Å². The number of aliphatic hydroxyl groups excluding tert-OH is 3. The minimum absolute atomic E-state index is 0.00639. The lowest BCUT2D eigenvalue weighted by molar-refractivity contribution is -0.248. The highest BCUT2D eigenvalue weighted by atomic mass is 32.2. The van der Waals surface area contributed by atoms with Crippen LogP contribution >= 0.6 is 11.3 Å². The van der Waals surface area contributed by atoms with Crippen molar-refractivity contribution in [3.63, 3.8) is 0 Å². The van der Waals surface area contributed by atoms with Gasteiger partial charge in [0.2, 0.25) is 29.5 Å². The first-order chi connectivity index (χ1) is 72.0. The fourth-order valence-electron chi connectivity index (χ4n) is 21.3. The highest BCUT2D eigenvalue weighted by Gasteiger charge is 2.66. The molecule has 3 aromatic heterocycles. The van der Waals surface area contributed by atoms with Crippen LogP contribution in [0.5, 0.6) is 0 Å². The van der Waals surface area contributed by atoms with Gasteiger partial charge in [0.25, 0.3) is 5.91 Å². The van der Waals surface area contributed by atoms with Gasteiger partial charge in [-0.05, 0) is 165 Å². The average Bonchev–Trinajstić information content (AvgIpc) is 0.840. The summed E-state index contributed by atoms with van der Waals surface area (Å²) in [6.45, 7) is 21.9. The van der Waals surface area contributed by atoms with Gasteiger partial charge in [0.15, 0.2) is 16.9 Å². The monoisotopic (exact) mass is 2140 g/mol. The molecule has 6 heterocycles. The molecule has 4 bridgehead atoms. The highest BCUT2D eigenvalue weighted by molar-refractivity contribution is 7.90. The second kappa shape index (κ2) is 58.3. The van der Waals surface area contributed by atoms with E-state index < -0.39 is 125 Å². The molecule has 46 heteroatoms. The summed E-state index contributed by atoms with van der Waals surface area (Å²) >= 11 is 1.39. The quantitative estimate of drug-likeness (QED) is 0.0196. The minimum Gasteiger partial charge on any atom is -0.479 e. The minimum atomic E-state index is -3.66. The van der Waals surface area contributed by atoms with Crippen molar-refractivity contribution in [1.29, 1.82) is 0 Å². The number of pyridine rings is 1. The fraction of sp³-hybridized carbons (Fsp3) is 0.654. The molecule has 2 saturated heterocycles.